The van der Waals surface area contributed by atoms with Gasteiger partial charge in [-0.15, -0.1) is 0 Å². The van der Waals surface area contributed by atoms with Crippen LogP contribution < -0.4 is 0 Å². The van der Waals surface area contributed by atoms with Gasteiger partial charge in [0.2, 0.25) is 0 Å². The molecule has 0 fully saturated rings. The van der Waals surface area contributed by atoms with Gasteiger partial charge in [0.25, 0.3) is 0 Å². The average Bonchev–Trinajstić information content (AvgIpc) is 2.91. The van der Waals surface area contributed by atoms with E-state index < -0.39 is 0 Å². The van der Waals surface area contributed by atoms with Crippen molar-refractivity contribution in [2.24, 2.45) is 0 Å². The van der Waals surface area contributed by atoms with Crippen LogP contribution in [0.5, 0.6) is 0 Å². The number of aryl methyl sites for hydroxylation is 2. The molecule has 2 heteroatoms. The number of fused-ring (bicyclic) bond motifs is 3. The predicted molar refractivity (Wildman–Crippen MR) is 92.0 cm³/mol. The van der Waals surface area contributed by atoms with Crippen molar-refractivity contribution in [3.05, 3.63) is 78.6 Å². The summed E-state index contributed by atoms with van der Waals surface area (Å²) in [4.78, 5) is 4.31. The van der Waals surface area contributed by atoms with Gasteiger partial charge in [-0.3, -0.25) is 4.98 Å². The van der Waals surface area contributed by atoms with Gasteiger partial charge in [0, 0.05) is 29.0 Å². The number of nitrogens with zero attached hydrogens (tertiary/aromatic N) is 2. The van der Waals surface area contributed by atoms with E-state index in [9.17, 15) is 0 Å². The number of para-hydroxylation sites is 1. The molecule has 0 aliphatic rings. The van der Waals surface area contributed by atoms with Crippen molar-refractivity contribution in [3.63, 3.8) is 0 Å². The van der Waals surface area contributed by atoms with E-state index in [1.54, 1.807) is 0 Å². The molecule has 0 N–H and O–H groups in total. The van der Waals surface area contributed by atoms with Crippen LogP contribution in [0.4, 0.5) is 0 Å². The van der Waals surface area contributed by atoms with Crippen LogP contribution >= 0.6 is 0 Å². The SMILES string of the molecule is c1ccc(CCCn2c3ccccc3c3ccncc32)cc1. The molecule has 0 amide bonds. The summed E-state index contributed by atoms with van der Waals surface area (Å²) in [5.74, 6) is 0. The first-order chi connectivity index (χ1) is 10.9. The molecule has 4 rings (SSSR count). The molecule has 0 saturated carbocycles. The summed E-state index contributed by atoms with van der Waals surface area (Å²) in [6.07, 6.45) is 6.10. The molecule has 0 spiro atoms. The number of aromatic nitrogens is 2. The van der Waals surface area contributed by atoms with E-state index in [0.29, 0.717) is 0 Å². The van der Waals surface area contributed by atoms with E-state index in [1.807, 2.05) is 12.4 Å². The second kappa shape index (κ2) is 5.64. The van der Waals surface area contributed by atoms with Gasteiger partial charge in [-0.2, -0.15) is 0 Å². The van der Waals surface area contributed by atoms with Crippen molar-refractivity contribution in [1.29, 1.82) is 0 Å². The zero-order chi connectivity index (χ0) is 14.8. The smallest absolute Gasteiger partial charge is 0.0677 e. The Kier molecular flexibility index (Phi) is 3.36. The molecular weight excluding hydrogens is 268 g/mol. The highest BCUT2D eigenvalue weighted by molar-refractivity contribution is 6.07. The Morgan fingerprint density at radius 3 is 2.45 bits per heavy atom. The average molecular weight is 286 g/mol. The predicted octanol–water partition coefficient (Wildman–Crippen LogP) is 4.82. The van der Waals surface area contributed by atoms with E-state index in [1.165, 1.54) is 27.4 Å². The van der Waals surface area contributed by atoms with Crippen LogP contribution in [0.25, 0.3) is 21.8 Å². The highest BCUT2D eigenvalue weighted by Crippen LogP contribution is 2.28. The molecule has 4 aromatic rings. The number of hydrogen-bond acceptors (Lipinski definition) is 1. The largest absolute Gasteiger partial charge is 0.339 e. The third-order valence-corrected chi connectivity index (χ3v) is 4.27. The molecule has 0 aliphatic heterocycles. The van der Waals surface area contributed by atoms with Gasteiger partial charge in [-0.25, -0.2) is 0 Å². The quantitative estimate of drug-likeness (QED) is 0.526. The maximum atomic E-state index is 4.31. The molecule has 0 unspecified atom stereocenters. The van der Waals surface area contributed by atoms with Crippen LogP contribution in [0.15, 0.2) is 73.1 Å². The molecule has 0 aliphatic carbocycles. The lowest BCUT2D eigenvalue weighted by Crippen LogP contribution is -1.99. The van der Waals surface area contributed by atoms with Crippen LogP contribution in [0.2, 0.25) is 0 Å². The van der Waals surface area contributed by atoms with Crippen LogP contribution in [0.3, 0.4) is 0 Å². The van der Waals surface area contributed by atoms with Crippen molar-refractivity contribution in [1.82, 2.24) is 9.55 Å². The van der Waals surface area contributed by atoms with Crippen molar-refractivity contribution >= 4 is 21.8 Å². The number of hydrogen-bond donors (Lipinski definition) is 0. The Morgan fingerprint density at radius 2 is 1.55 bits per heavy atom. The fraction of sp³-hybridized carbons (Fsp3) is 0.150. The zero-order valence-electron chi connectivity index (χ0n) is 12.4. The topological polar surface area (TPSA) is 17.8 Å². The Balaban J connectivity index is 1.68. The number of benzene rings is 2. The summed E-state index contributed by atoms with van der Waals surface area (Å²) in [6, 6.07) is 21.4. The maximum absolute atomic E-state index is 4.31. The molecule has 2 aromatic heterocycles. The number of rotatable bonds is 4. The molecule has 0 atom stereocenters. The summed E-state index contributed by atoms with van der Waals surface area (Å²) in [7, 11) is 0. The van der Waals surface area contributed by atoms with Crippen molar-refractivity contribution in [2.45, 2.75) is 19.4 Å². The van der Waals surface area contributed by atoms with Crippen molar-refractivity contribution in [3.8, 4) is 0 Å². The van der Waals surface area contributed by atoms with Crippen LogP contribution in [-0.4, -0.2) is 9.55 Å². The molecule has 0 radical (unpaired) electrons. The summed E-state index contributed by atoms with van der Waals surface area (Å²) in [5, 5.41) is 2.62. The lowest BCUT2D eigenvalue weighted by atomic mass is 10.1. The third kappa shape index (κ3) is 2.27. The molecule has 2 nitrogen and oxygen atoms in total. The monoisotopic (exact) mass is 286 g/mol. The Bertz CT molecular complexity index is 853. The van der Waals surface area contributed by atoms with E-state index in [4.69, 9.17) is 0 Å². The molecule has 0 saturated heterocycles. The molecule has 22 heavy (non-hydrogen) atoms. The van der Waals surface area contributed by atoms with Gasteiger partial charge in [-0.1, -0.05) is 48.5 Å². The fourth-order valence-corrected chi connectivity index (χ4v) is 3.22. The fourth-order valence-electron chi connectivity index (χ4n) is 3.22. The van der Waals surface area contributed by atoms with Gasteiger partial charge < -0.3 is 4.57 Å². The van der Waals surface area contributed by atoms with Gasteiger partial charge in [0.15, 0.2) is 0 Å². The Morgan fingerprint density at radius 1 is 0.773 bits per heavy atom. The first-order valence-electron chi connectivity index (χ1n) is 7.78. The highest BCUT2D eigenvalue weighted by Gasteiger charge is 2.09. The van der Waals surface area contributed by atoms with Gasteiger partial charge in [0.05, 0.1) is 11.7 Å². The first-order valence-corrected chi connectivity index (χ1v) is 7.78. The Hall–Kier alpha value is -2.61. The number of pyridine rings is 1. The summed E-state index contributed by atoms with van der Waals surface area (Å²) < 4.78 is 2.40. The molecule has 108 valence electrons. The third-order valence-electron chi connectivity index (χ3n) is 4.27. The Labute approximate surface area is 130 Å². The highest BCUT2D eigenvalue weighted by atomic mass is 15.0. The summed E-state index contributed by atoms with van der Waals surface area (Å²) in [6.45, 7) is 1.02. The molecule has 0 bridgehead atoms. The van der Waals surface area contributed by atoms with Crippen LogP contribution in [-0.2, 0) is 13.0 Å². The van der Waals surface area contributed by atoms with E-state index >= 15 is 0 Å². The van der Waals surface area contributed by atoms with Crippen LogP contribution in [0.1, 0.15) is 12.0 Å². The van der Waals surface area contributed by atoms with E-state index in [2.05, 4.69) is 70.2 Å². The van der Waals surface area contributed by atoms with Gasteiger partial charge in [0.1, 0.15) is 0 Å². The van der Waals surface area contributed by atoms with Crippen molar-refractivity contribution < 1.29 is 0 Å². The molecule has 2 heterocycles. The van der Waals surface area contributed by atoms with E-state index in [0.717, 1.165) is 19.4 Å². The second-order valence-electron chi connectivity index (χ2n) is 5.65. The van der Waals surface area contributed by atoms with Crippen LogP contribution in [0, 0.1) is 0 Å². The van der Waals surface area contributed by atoms with E-state index in [-0.39, 0.29) is 0 Å². The summed E-state index contributed by atoms with van der Waals surface area (Å²) in [5.41, 5.74) is 3.94. The lowest BCUT2D eigenvalue weighted by Gasteiger charge is -2.07. The molecular formula is C20H18N2. The minimum absolute atomic E-state index is 1.02. The minimum atomic E-state index is 1.02. The minimum Gasteiger partial charge on any atom is -0.339 e. The summed E-state index contributed by atoms with van der Waals surface area (Å²) >= 11 is 0. The van der Waals surface area contributed by atoms with Crippen molar-refractivity contribution in [2.75, 3.05) is 0 Å². The van der Waals surface area contributed by atoms with Gasteiger partial charge in [-0.05, 0) is 30.5 Å². The second-order valence-corrected chi connectivity index (χ2v) is 5.65. The molecule has 2 aromatic carbocycles. The maximum Gasteiger partial charge on any atom is 0.0677 e. The lowest BCUT2D eigenvalue weighted by molar-refractivity contribution is 0.677. The first kappa shape index (κ1) is 13.1. The van der Waals surface area contributed by atoms with Gasteiger partial charge >= 0.3 is 0 Å². The standard InChI is InChI=1S/C20H18N2/c1-2-7-16(8-3-1)9-6-14-22-19-11-5-4-10-17(19)18-12-13-21-15-20(18)22/h1-5,7-8,10-13,15H,6,9,14H2. The normalized spacial score (nSPS) is 11.3. The zero-order valence-corrected chi connectivity index (χ0v) is 12.4.